The topological polar surface area (TPSA) is 179 Å². The standard InChI is InChI=1S/C33H47N6O8P/c1-9-23(10-2)15-42-31(40)22(6)38-48(41,47-26-19(3)12-11-13-20(26)4)43-16-25-27-29(46-32(7,8)45-27)33(17-34,44-25)28-21(5)14-24-30(35)36-18-37-39(24)28/h11-14,18,21-23,25,27-29H,9-10,15-16H2,1-8H3,(H,38,41)(H2,35,36,37)/t21?,22-,25+,27+,28?,29+,33-,48?/m0/s1. The van der Waals surface area contributed by atoms with Crippen LogP contribution < -0.4 is 15.3 Å². The van der Waals surface area contributed by atoms with Gasteiger partial charge in [0, 0.05) is 5.92 Å². The maximum Gasteiger partial charge on any atom is 0.459 e. The van der Waals surface area contributed by atoms with Gasteiger partial charge in [-0.25, -0.2) is 9.56 Å². The van der Waals surface area contributed by atoms with Crippen LogP contribution in [0.3, 0.4) is 0 Å². The number of esters is 1. The smallest absolute Gasteiger partial charge is 0.459 e. The van der Waals surface area contributed by atoms with Crippen LogP contribution in [0.1, 0.15) is 65.5 Å². The molecule has 1 aromatic carbocycles. The molecule has 0 aliphatic carbocycles. The first kappa shape index (κ1) is 36.0. The molecule has 15 heteroatoms. The molecule has 8 atom stereocenters. The molecule has 14 nitrogen and oxygen atoms in total. The second-order valence-electron chi connectivity index (χ2n) is 13.3. The molecule has 2 saturated heterocycles. The van der Waals surface area contributed by atoms with Crippen LogP contribution in [0.25, 0.3) is 0 Å². The zero-order chi connectivity index (χ0) is 35.0. The van der Waals surface area contributed by atoms with Gasteiger partial charge >= 0.3 is 13.7 Å². The molecular formula is C33H47N6O8P. The third-order valence-corrected chi connectivity index (χ3v) is 10.9. The fraction of sp³-hybridized carbons (Fsp3) is 0.636. The predicted octanol–water partition coefficient (Wildman–Crippen LogP) is 4.46. The van der Waals surface area contributed by atoms with Crippen LogP contribution in [0.4, 0.5) is 0 Å². The van der Waals surface area contributed by atoms with Gasteiger partial charge in [0.1, 0.15) is 48.6 Å². The first-order valence-corrected chi connectivity index (χ1v) is 18.0. The Morgan fingerprint density at radius 3 is 2.54 bits per heavy atom. The number of rotatable bonds is 13. The lowest BCUT2D eigenvalue weighted by molar-refractivity contribution is -0.211. The number of hydrogen-bond acceptors (Lipinski definition) is 13. The molecule has 0 spiro atoms. The van der Waals surface area contributed by atoms with Crippen molar-refractivity contribution in [3.05, 3.63) is 41.1 Å². The normalized spacial score (nSPS) is 30.6. The van der Waals surface area contributed by atoms with Crippen LogP contribution in [0, 0.1) is 37.0 Å². The van der Waals surface area contributed by atoms with Crippen LogP contribution in [0.2, 0.25) is 0 Å². The third-order valence-electron chi connectivity index (χ3n) is 9.29. The van der Waals surface area contributed by atoms with Crippen LogP contribution in [0.5, 0.6) is 5.75 Å². The molecule has 2 fully saturated rings. The minimum absolute atomic E-state index is 0.217. The van der Waals surface area contributed by atoms with Crippen LogP contribution in [-0.4, -0.2) is 78.1 Å². The molecule has 1 aromatic rings. The van der Waals surface area contributed by atoms with E-state index in [4.69, 9.17) is 33.7 Å². The largest absolute Gasteiger partial charge is 0.464 e. The number of nitriles is 1. The highest BCUT2D eigenvalue weighted by Crippen LogP contribution is 2.52. The summed E-state index contributed by atoms with van der Waals surface area (Å²) in [7, 11) is -4.29. The number of carbonyl (C=O) groups excluding carboxylic acids is 1. The van der Waals surface area contributed by atoms with E-state index in [9.17, 15) is 14.6 Å². The van der Waals surface area contributed by atoms with E-state index < -0.39 is 55.5 Å². The highest BCUT2D eigenvalue weighted by Gasteiger charge is 2.69. The van der Waals surface area contributed by atoms with Crippen molar-refractivity contribution in [3.63, 3.8) is 0 Å². The molecule has 0 amide bonds. The van der Waals surface area contributed by atoms with Crippen molar-refractivity contribution < 1.29 is 37.4 Å². The monoisotopic (exact) mass is 686 g/mol. The van der Waals surface area contributed by atoms with Crippen molar-refractivity contribution in [3.8, 4) is 11.8 Å². The molecule has 262 valence electrons. The lowest BCUT2D eigenvalue weighted by atomic mass is 9.82. The first-order chi connectivity index (χ1) is 22.7. The van der Waals surface area contributed by atoms with Gasteiger partial charge in [0.25, 0.3) is 0 Å². The molecule has 4 heterocycles. The SMILES string of the molecule is CCC(CC)COC(=O)[C@H](C)NP(=O)(OC[C@H]1O[C@@](C#N)(C2C(C)C=C3C(N)=NC=NN32)[C@@H]2OC(C)(C)O[C@@H]21)Oc1c(C)cccc1C. The van der Waals surface area contributed by atoms with Crippen molar-refractivity contribution in [2.75, 3.05) is 13.2 Å². The summed E-state index contributed by atoms with van der Waals surface area (Å²) in [5.41, 5.74) is 6.58. The number of para-hydroxylation sites is 1. The summed E-state index contributed by atoms with van der Waals surface area (Å²) in [5.74, 6) is -1.06. The van der Waals surface area contributed by atoms with Crippen molar-refractivity contribution in [1.82, 2.24) is 10.1 Å². The molecule has 48 heavy (non-hydrogen) atoms. The predicted molar refractivity (Wildman–Crippen MR) is 178 cm³/mol. The summed E-state index contributed by atoms with van der Waals surface area (Å²) in [6.07, 6.45) is 2.36. The Morgan fingerprint density at radius 2 is 1.90 bits per heavy atom. The number of nitrogens with two attached hydrogens (primary N) is 1. The minimum atomic E-state index is -4.29. The zero-order valence-corrected chi connectivity index (χ0v) is 29.7. The van der Waals surface area contributed by atoms with E-state index in [2.05, 4.69) is 21.3 Å². The molecule has 4 aliphatic heterocycles. The van der Waals surface area contributed by atoms with Gasteiger partial charge in [0.2, 0.25) is 5.60 Å². The number of ether oxygens (including phenoxy) is 4. The Kier molecular flexibility index (Phi) is 10.4. The molecular weight excluding hydrogens is 639 g/mol. The van der Waals surface area contributed by atoms with E-state index in [0.29, 0.717) is 11.4 Å². The quantitative estimate of drug-likeness (QED) is 0.220. The van der Waals surface area contributed by atoms with Gasteiger partial charge in [-0.1, -0.05) is 57.9 Å². The molecule has 4 aliphatic rings. The molecule has 0 aromatic heterocycles. The number of hydrazone groups is 1. The van der Waals surface area contributed by atoms with Gasteiger partial charge in [-0.05, 0) is 51.7 Å². The van der Waals surface area contributed by atoms with Crippen LogP contribution >= 0.6 is 7.75 Å². The number of nitrogens with zero attached hydrogens (tertiary/aromatic N) is 4. The summed E-state index contributed by atoms with van der Waals surface area (Å²) in [4.78, 5) is 17.1. The van der Waals surface area contributed by atoms with Gasteiger partial charge in [-0.3, -0.25) is 14.3 Å². The van der Waals surface area contributed by atoms with E-state index in [1.807, 2.05) is 58.9 Å². The highest BCUT2D eigenvalue weighted by atomic mass is 31.2. The zero-order valence-electron chi connectivity index (χ0n) is 28.8. The Morgan fingerprint density at radius 1 is 1.21 bits per heavy atom. The van der Waals surface area contributed by atoms with Crippen molar-refractivity contribution in [1.29, 1.82) is 5.26 Å². The maximum absolute atomic E-state index is 14.6. The van der Waals surface area contributed by atoms with E-state index in [0.717, 1.165) is 24.0 Å². The van der Waals surface area contributed by atoms with E-state index in [-0.39, 0.29) is 30.9 Å². The summed E-state index contributed by atoms with van der Waals surface area (Å²) in [6.45, 7) is 14.6. The Hall–Kier alpha value is -3.31. The number of benzene rings is 1. The molecule has 0 saturated carbocycles. The van der Waals surface area contributed by atoms with Gasteiger partial charge in [0.15, 0.2) is 11.6 Å². The van der Waals surface area contributed by atoms with Gasteiger partial charge in [-0.15, -0.1) is 0 Å². The fourth-order valence-electron chi connectivity index (χ4n) is 6.67. The molecule has 0 radical (unpaired) electrons. The van der Waals surface area contributed by atoms with Gasteiger partial charge in [-0.2, -0.15) is 15.5 Å². The molecule has 3 N–H and O–H groups in total. The van der Waals surface area contributed by atoms with Gasteiger partial charge in [0.05, 0.1) is 18.9 Å². The summed E-state index contributed by atoms with van der Waals surface area (Å²) in [5, 5.41) is 19.6. The Balaban J connectivity index is 1.41. The number of carbonyl (C=O) groups is 1. The lowest BCUT2D eigenvalue weighted by Gasteiger charge is -2.40. The summed E-state index contributed by atoms with van der Waals surface area (Å²) >= 11 is 0. The molecule has 5 rings (SSSR count). The van der Waals surface area contributed by atoms with Crippen molar-refractivity contribution in [2.45, 2.75) is 110 Å². The maximum atomic E-state index is 14.6. The number of aryl methyl sites for hydroxylation is 2. The van der Waals surface area contributed by atoms with Crippen LogP contribution in [0.15, 0.2) is 40.1 Å². The Bertz CT molecular complexity index is 1550. The fourth-order valence-corrected chi connectivity index (χ4v) is 8.30. The third kappa shape index (κ3) is 6.90. The second-order valence-corrected chi connectivity index (χ2v) is 15.0. The first-order valence-electron chi connectivity index (χ1n) is 16.4. The highest BCUT2D eigenvalue weighted by molar-refractivity contribution is 7.52. The number of aliphatic imine (C=N–C) groups is 1. The van der Waals surface area contributed by atoms with E-state index >= 15 is 0 Å². The van der Waals surface area contributed by atoms with Crippen molar-refractivity contribution in [2.24, 2.45) is 27.7 Å². The minimum Gasteiger partial charge on any atom is -0.464 e. The van der Waals surface area contributed by atoms with E-state index in [1.54, 1.807) is 25.8 Å². The van der Waals surface area contributed by atoms with Crippen molar-refractivity contribution >= 4 is 25.9 Å². The number of hydrogen-bond donors (Lipinski definition) is 2. The second kappa shape index (κ2) is 13.9. The summed E-state index contributed by atoms with van der Waals surface area (Å²) in [6, 6.07) is 6.19. The Labute approximate surface area is 282 Å². The number of fused-ring (bicyclic) bond motifs is 2. The summed E-state index contributed by atoms with van der Waals surface area (Å²) < 4.78 is 51.5. The molecule has 3 unspecified atom stereocenters. The number of amidine groups is 1. The van der Waals surface area contributed by atoms with Gasteiger partial charge < -0.3 is 29.2 Å². The molecule has 0 bridgehead atoms. The number of nitrogens with one attached hydrogen (secondary N) is 1. The van der Waals surface area contributed by atoms with Crippen LogP contribution in [-0.2, 0) is 32.8 Å². The average molecular weight is 687 g/mol. The van der Waals surface area contributed by atoms with E-state index in [1.165, 1.54) is 6.34 Å². The lowest BCUT2D eigenvalue weighted by Crippen LogP contribution is -2.58. The average Bonchev–Trinajstić information content (AvgIpc) is 3.65.